The quantitative estimate of drug-likeness (QED) is 0.820. The standard InChI is InChI=1S/C16H30N2O3/c1-6-13(11(2)3)17-15(21)18-9-7-8-12(10-18)16(4,5)14(19)20/h11-13H,6-10H2,1-5H3,(H,17,21)(H,19,20). The topological polar surface area (TPSA) is 69.6 Å². The molecule has 5 nitrogen and oxygen atoms in total. The van der Waals surface area contributed by atoms with Gasteiger partial charge in [-0.2, -0.15) is 0 Å². The summed E-state index contributed by atoms with van der Waals surface area (Å²) in [5, 5.41) is 12.4. The summed E-state index contributed by atoms with van der Waals surface area (Å²) in [7, 11) is 0. The van der Waals surface area contributed by atoms with E-state index in [0.717, 1.165) is 19.3 Å². The number of carbonyl (C=O) groups is 2. The van der Waals surface area contributed by atoms with E-state index < -0.39 is 11.4 Å². The molecule has 2 unspecified atom stereocenters. The number of likely N-dealkylation sites (tertiary alicyclic amines) is 1. The highest BCUT2D eigenvalue weighted by atomic mass is 16.4. The molecule has 1 aliphatic heterocycles. The molecule has 0 spiro atoms. The van der Waals surface area contributed by atoms with Crippen molar-refractivity contribution in [2.45, 2.75) is 59.9 Å². The molecule has 1 fully saturated rings. The molecule has 122 valence electrons. The molecule has 0 aromatic carbocycles. The predicted octanol–water partition coefficient (Wildman–Crippen LogP) is 2.95. The Labute approximate surface area is 128 Å². The van der Waals surface area contributed by atoms with Crippen molar-refractivity contribution < 1.29 is 14.7 Å². The smallest absolute Gasteiger partial charge is 0.317 e. The lowest BCUT2D eigenvalue weighted by Crippen LogP contribution is -2.52. The molecule has 1 rings (SSSR count). The summed E-state index contributed by atoms with van der Waals surface area (Å²) in [5.41, 5.74) is -0.791. The molecule has 0 saturated carbocycles. The highest BCUT2D eigenvalue weighted by Crippen LogP contribution is 2.34. The van der Waals surface area contributed by atoms with Crippen molar-refractivity contribution in [2.24, 2.45) is 17.3 Å². The van der Waals surface area contributed by atoms with Gasteiger partial charge in [-0.15, -0.1) is 0 Å². The van der Waals surface area contributed by atoms with E-state index in [9.17, 15) is 14.7 Å². The minimum atomic E-state index is -0.791. The fourth-order valence-corrected chi connectivity index (χ4v) is 2.92. The summed E-state index contributed by atoms with van der Waals surface area (Å²) < 4.78 is 0. The summed E-state index contributed by atoms with van der Waals surface area (Å²) in [6.07, 6.45) is 2.64. The largest absolute Gasteiger partial charge is 0.481 e. The van der Waals surface area contributed by atoms with Crippen LogP contribution in [0.5, 0.6) is 0 Å². The fourth-order valence-electron chi connectivity index (χ4n) is 2.92. The lowest BCUT2D eigenvalue weighted by atomic mass is 9.74. The van der Waals surface area contributed by atoms with Crippen LogP contribution in [0.2, 0.25) is 0 Å². The molecular formula is C16H30N2O3. The number of aliphatic carboxylic acids is 1. The Hall–Kier alpha value is -1.26. The molecule has 0 radical (unpaired) electrons. The van der Waals surface area contributed by atoms with E-state index in [-0.39, 0.29) is 18.0 Å². The molecule has 2 N–H and O–H groups in total. The Kier molecular flexibility index (Phi) is 6.05. The van der Waals surface area contributed by atoms with Crippen molar-refractivity contribution in [2.75, 3.05) is 13.1 Å². The number of amides is 2. The van der Waals surface area contributed by atoms with Crippen LogP contribution in [0, 0.1) is 17.3 Å². The van der Waals surface area contributed by atoms with Gasteiger partial charge in [0.15, 0.2) is 0 Å². The van der Waals surface area contributed by atoms with Gasteiger partial charge in [0, 0.05) is 19.1 Å². The van der Waals surface area contributed by atoms with Gasteiger partial charge in [0.25, 0.3) is 0 Å². The maximum Gasteiger partial charge on any atom is 0.317 e. The van der Waals surface area contributed by atoms with E-state index >= 15 is 0 Å². The lowest BCUT2D eigenvalue weighted by Gasteiger charge is -2.39. The van der Waals surface area contributed by atoms with Gasteiger partial charge in [-0.3, -0.25) is 4.79 Å². The van der Waals surface area contributed by atoms with Crippen molar-refractivity contribution >= 4 is 12.0 Å². The predicted molar refractivity (Wildman–Crippen MR) is 83.2 cm³/mol. The summed E-state index contributed by atoms with van der Waals surface area (Å²) in [5.74, 6) is -0.382. The molecule has 5 heteroatoms. The Morgan fingerprint density at radius 2 is 2.00 bits per heavy atom. The molecule has 1 heterocycles. The van der Waals surface area contributed by atoms with Crippen molar-refractivity contribution in [3.8, 4) is 0 Å². The lowest BCUT2D eigenvalue weighted by molar-refractivity contribution is -0.151. The first-order valence-electron chi connectivity index (χ1n) is 7.99. The van der Waals surface area contributed by atoms with Crippen LogP contribution in [0.15, 0.2) is 0 Å². The number of carboxylic acids is 1. The fraction of sp³-hybridized carbons (Fsp3) is 0.875. The zero-order valence-electron chi connectivity index (χ0n) is 14.0. The maximum atomic E-state index is 12.4. The summed E-state index contributed by atoms with van der Waals surface area (Å²) in [6.45, 7) is 11.0. The van der Waals surface area contributed by atoms with Gasteiger partial charge in [0.1, 0.15) is 0 Å². The van der Waals surface area contributed by atoms with E-state index in [4.69, 9.17) is 0 Å². The SMILES string of the molecule is CCC(NC(=O)N1CCCC(C(C)(C)C(=O)O)C1)C(C)C. The van der Waals surface area contributed by atoms with E-state index in [0.29, 0.717) is 19.0 Å². The molecule has 21 heavy (non-hydrogen) atoms. The van der Waals surface area contributed by atoms with Gasteiger partial charge >= 0.3 is 12.0 Å². The minimum Gasteiger partial charge on any atom is -0.481 e. The number of rotatable bonds is 5. The Morgan fingerprint density at radius 3 is 2.48 bits per heavy atom. The highest BCUT2D eigenvalue weighted by molar-refractivity contribution is 5.76. The second-order valence-corrected chi connectivity index (χ2v) is 7.02. The first kappa shape index (κ1) is 17.8. The van der Waals surface area contributed by atoms with Crippen LogP contribution >= 0.6 is 0 Å². The monoisotopic (exact) mass is 298 g/mol. The average molecular weight is 298 g/mol. The maximum absolute atomic E-state index is 12.4. The molecule has 2 atom stereocenters. The summed E-state index contributed by atoms with van der Waals surface area (Å²) in [4.78, 5) is 25.6. The van der Waals surface area contributed by atoms with Gasteiger partial charge in [0.05, 0.1) is 5.41 Å². The Balaban J connectivity index is 2.68. The van der Waals surface area contributed by atoms with Crippen LogP contribution in [0.1, 0.15) is 53.9 Å². The number of piperidine rings is 1. The second kappa shape index (κ2) is 7.14. The number of nitrogens with one attached hydrogen (secondary N) is 1. The van der Waals surface area contributed by atoms with Crippen LogP contribution < -0.4 is 5.32 Å². The molecule has 0 aromatic rings. The minimum absolute atomic E-state index is 0.00799. The Morgan fingerprint density at radius 1 is 1.38 bits per heavy atom. The molecule has 2 amide bonds. The van der Waals surface area contributed by atoms with Gasteiger partial charge in [-0.1, -0.05) is 20.8 Å². The van der Waals surface area contributed by atoms with Gasteiger partial charge < -0.3 is 15.3 Å². The van der Waals surface area contributed by atoms with Crippen molar-refractivity contribution in [1.82, 2.24) is 10.2 Å². The van der Waals surface area contributed by atoms with Gasteiger partial charge in [-0.25, -0.2) is 4.79 Å². The average Bonchev–Trinajstić information content (AvgIpc) is 2.44. The first-order valence-corrected chi connectivity index (χ1v) is 7.99. The molecular weight excluding hydrogens is 268 g/mol. The van der Waals surface area contributed by atoms with Gasteiger partial charge in [0.2, 0.25) is 0 Å². The van der Waals surface area contributed by atoms with E-state index in [1.165, 1.54) is 0 Å². The second-order valence-electron chi connectivity index (χ2n) is 7.02. The van der Waals surface area contributed by atoms with Crippen molar-refractivity contribution in [3.05, 3.63) is 0 Å². The van der Waals surface area contributed by atoms with Crippen molar-refractivity contribution in [1.29, 1.82) is 0 Å². The zero-order valence-corrected chi connectivity index (χ0v) is 14.0. The number of nitrogens with zero attached hydrogens (tertiary/aromatic N) is 1. The number of hydrogen-bond acceptors (Lipinski definition) is 2. The third-order valence-electron chi connectivity index (χ3n) is 4.83. The van der Waals surface area contributed by atoms with Crippen LogP contribution in [0.4, 0.5) is 4.79 Å². The molecule has 1 aliphatic rings. The van der Waals surface area contributed by atoms with Crippen LogP contribution in [0.25, 0.3) is 0 Å². The summed E-state index contributed by atoms with van der Waals surface area (Å²) >= 11 is 0. The van der Waals surface area contributed by atoms with E-state index in [1.54, 1.807) is 18.7 Å². The number of hydrogen-bond donors (Lipinski definition) is 2. The first-order chi connectivity index (χ1) is 9.70. The number of carbonyl (C=O) groups excluding carboxylic acids is 1. The number of carboxylic acid groups (broad SMARTS) is 1. The van der Waals surface area contributed by atoms with Crippen molar-refractivity contribution in [3.63, 3.8) is 0 Å². The van der Waals surface area contributed by atoms with E-state index in [1.807, 2.05) is 0 Å². The van der Waals surface area contributed by atoms with Crippen LogP contribution in [-0.2, 0) is 4.79 Å². The third kappa shape index (κ3) is 4.35. The third-order valence-corrected chi connectivity index (χ3v) is 4.83. The zero-order chi connectivity index (χ0) is 16.2. The van der Waals surface area contributed by atoms with Gasteiger partial charge in [-0.05, 0) is 44.9 Å². The van der Waals surface area contributed by atoms with Crippen LogP contribution in [-0.4, -0.2) is 41.1 Å². The molecule has 0 aliphatic carbocycles. The number of urea groups is 1. The normalized spacial score (nSPS) is 21.2. The Bertz CT molecular complexity index is 380. The highest BCUT2D eigenvalue weighted by Gasteiger charge is 2.40. The van der Waals surface area contributed by atoms with Crippen LogP contribution in [0.3, 0.4) is 0 Å². The summed E-state index contributed by atoms with van der Waals surface area (Å²) in [6, 6.07) is 0.117. The molecule has 0 aromatic heterocycles. The van der Waals surface area contributed by atoms with E-state index in [2.05, 4.69) is 26.1 Å². The molecule has 0 bridgehead atoms. The molecule has 1 saturated heterocycles.